The Morgan fingerprint density at radius 2 is 1.59 bits per heavy atom. The quantitative estimate of drug-likeness (QED) is 0.802. The van der Waals surface area contributed by atoms with E-state index in [-0.39, 0.29) is 5.91 Å². The first-order valence-corrected chi connectivity index (χ1v) is 7.20. The highest BCUT2D eigenvalue weighted by atomic mass is 19.2. The summed E-state index contributed by atoms with van der Waals surface area (Å²) in [7, 11) is 0. The van der Waals surface area contributed by atoms with Crippen LogP contribution >= 0.6 is 0 Å². The zero-order valence-corrected chi connectivity index (χ0v) is 12.3. The number of hydrogen-bond acceptors (Lipinski definition) is 2. The van der Waals surface area contributed by atoms with Crippen LogP contribution in [0.5, 0.6) is 0 Å². The Morgan fingerprint density at radius 1 is 0.955 bits per heavy atom. The molecule has 2 aromatic carbocycles. The van der Waals surface area contributed by atoms with Crippen LogP contribution in [0.25, 0.3) is 0 Å². The van der Waals surface area contributed by atoms with Crippen LogP contribution < -0.4 is 10.6 Å². The van der Waals surface area contributed by atoms with Crippen molar-refractivity contribution in [1.29, 1.82) is 0 Å². The zero-order chi connectivity index (χ0) is 15.9. The first-order chi connectivity index (χ1) is 10.6. The lowest BCUT2D eigenvalue weighted by Crippen LogP contribution is -2.10. The number of carbonyl (C=O) groups is 1. The molecule has 0 aromatic heterocycles. The maximum atomic E-state index is 13.1. The van der Waals surface area contributed by atoms with Gasteiger partial charge in [0.1, 0.15) is 0 Å². The summed E-state index contributed by atoms with van der Waals surface area (Å²) >= 11 is 0. The van der Waals surface area contributed by atoms with Crippen molar-refractivity contribution < 1.29 is 13.6 Å². The fourth-order valence-electron chi connectivity index (χ4n) is 1.94. The minimum atomic E-state index is -0.898. The zero-order valence-electron chi connectivity index (χ0n) is 12.3. The van der Waals surface area contributed by atoms with Crippen molar-refractivity contribution in [3.63, 3.8) is 0 Å². The van der Waals surface area contributed by atoms with Crippen LogP contribution in [0.2, 0.25) is 0 Å². The molecule has 2 rings (SSSR count). The molecule has 0 atom stereocenters. The second-order valence-electron chi connectivity index (χ2n) is 4.98. The number of benzene rings is 2. The molecule has 5 heteroatoms. The van der Waals surface area contributed by atoms with Gasteiger partial charge in [-0.3, -0.25) is 4.79 Å². The van der Waals surface area contributed by atoms with E-state index in [9.17, 15) is 13.6 Å². The van der Waals surface area contributed by atoms with Crippen molar-refractivity contribution in [1.82, 2.24) is 0 Å². The van der Waals surface area contributed by atoms with Crippen molar-refractivity contribution in [2.24, 2.45) is 0 Å². The molecular formula is C17H18F2N2O. The van der Waals surface area contributed by atoms with Gasteiger partial charge in [-0.05, 0) is 42.8 Å². The van der Waals surface area contributed by atoms with E-state index in [1.165, 1.54) is 6.07 Å². The van der Waals surface area contributed by atoms with Crippen LogP contribution in [-0.2, 0) is 4.79 Å². The van der Waals surface area contributed by atoms with E-state index < -0.39 is 11.6 Å². The summed E-state index contributed by atoms with van der Waals surface area (Å²) in [5.41, 5.74) is 1.88. The van der Waals surface area contributed by atoms with E-state index in [1.54, 1.807) is 24.3 Å². The van der Waals surface area contributed by atoms with Crippen molar-refractivity contribution in [2.45, 2.75) is 26.2 Å². The number of unbranched alkanes of at least 4 members (excludes halogenated alkanes) is 1. The maximum absolute atomic E-state index is 13.1. The number of hydrogen-bond donors (Lipinski definition) is 2. The van der Waals surface area contributed by atoms with Gasteiger partial charge in [-0.2, -0.15) is 0 Å². The van der Waals surface area contributed by atoms with Crippen LogP contribution in [0.15, 0.2) is 42.5 Å². The Balaban J connectivity index is 1.96. The highest BCUT2D eigenvalue weighted by molar-refractivity contribution is 5.90. The molecule has 0 aliphatic carbocycles. The van der Waals surface area contributed by atoms with Gasteiger partial charge in [0.25, 0.3) is 0 Å². The molecule has 2 aromatic rings. The standard InChI is InChI=1S/C17H18F2N2O/c1-2-3-4-17(22)21-13-7-5-12(6-8-13)20-14-9-10-15(18)16(19)11-14/h5-11,20H,2-4H2,1H3,(H,21,22). The molecule has 0 spiro atoms. The molecule has 0 unspecified atom stereocenters. The van der Waals surface area contributed by atoms with Crippen LogP contribution in [0, 0.1) is 11.6 Å². The van der Waals surface area contributed by atoms with Gasteiger partial charge in [0.05, 0.1) is 0 Å². The Bertz CT molecular complexity index is 642. The molecular weight excluding hydrogens is 286 g/mol. The third-order valence-electron chi connectivity index (χ3n) is 3.13. The van der Waals surface area contributed by atoms with Gasteiger partial charge < -0.3 is 10.6 Å². The van der Waals surface area contributed by atoms with Gasteiger partial charge in [0, 0.05) is 29.5 Å². The maximum Gasteiger partial charge on any atom is 0.224 e. The first-order valence-electron chi connectivity index (χ1n) is 7.20. The predicted molar refractivity (Wildman–Crippen MR) is 84.2 cm³/mol. The fourth-order valence-corrected chi connectivity index (χ4v) is 1.94. The first kappa shape index (κ1) is 15.9. The molecule has 2 N–H and O–H groups in total. The smallest absolute Gasteiger partial charge is 0.224 e. The average Bonchev–Trinajstić information content (AvgIpc) is 2.51. The number of carbonyl (C=O) groups excluding carboxylic acids is 1. The average molecular weight is 304 g/mol. The molecule has 0 fully saturated rings. The van der Waals surface area contributed by atoms with E-state index in [2.05, 4.69) is 10.6 Å². The molecule has 1 amide bonds. The number of anilines is 3. The van der Waals surface area contributed by atoms with Gasteiger partial charge >= 0.3 is 0 Å². The van der Waals surface area contributed by atoms with Crippen molar-refractivity contribution >= 4 is 23.0 Å². The normalized spacial score (nSPS) is 10.3. The van der Waals surface area contributed by atoms with Gasteiger partial charge in [-0.1, -0.05) is 13.3 Å². The van der Waals surface area contributed by atoms with Gasteiger partial charge in [0.2, 0.25) is 5.91 Å². The summed E-state index contributed by atoms with van der Waals surface area (Å²) in [5.74, 6) is -1.79. The fraction of sp³-hybridized carbons (Fsp3) is 0.235. The highest BCUT2D eigenvalue weighted by Crippen LogP contribution is 2.20. The summed E-state index contributed by atoms with van der Waals surface area (Å²) in [6.07, 6.45) is 2.34. The third kappa shape index (κ3) is 4.55. The van der Waals surface area contributed by atoms with E-state index in [4.69, 9.17) is 0 Å². The van der Waals surface area contributed by atoms with Gasteiger partial charge in [-0.25, -0.2) is 8.78 Å². The van der Waals surface area contributed by atoms with E-state index in [0.717, 1.165) is 30.7 Å². The molecule has 0 saturated carbocycles. The minimum absolute atomic E-state index is 0.0110. The lowest BCUT2D eigenvalue weighted by atomic mass is 10.2. The Morgan fingerprint density at radius 3 is 2.23 bits per heavy atom. The lowest BCUT2D eigenvalue weighted by molar-refractivity contribution is -0.116. The Labute approximate surface area is 128 Å². The molecule has 3 nitrogen and oxygen atoms in total. The summed E-state index contributed by atoms with van der Waals surface area (Å²) in [5, 5.41) is 5.78. The number of rotatable bonds is 6. The summed E-state index contributed by atoms with van der Waals surface area (Å²) in [4.78, 5) is 11.6. The second kappa shape index (κ2) is 7.54. The minimum Gasteiger partial charge on any atom is -0.355 e. The van der Waals surface area contributed by atoms with E-state index >= 15 is 0 Å². The molecule has 116 valence electrons. The lowest BCUT2D eigenvalue weighted by Gasteiger charge is -2.09. The topological polar surface area (TPSA) is 41.1 Å². The highest BCUT2D eigenvalue weighted by Gasteiger charge is 2.04. The number of amides is 1. The predicted octanol–water partition coefficient (Wildman–Crippen LogP) is 4.84. The summed E-state index contributed by atoms with van der Waals surface area (Å²) in [6, 6.07) is 10.7. The largest absolute Gasteiger partial charge is 0.355 e. The number of nitrogens with one attached hydrogen (secondary N) is 2. The van der Waals surface area contributed by atoms with E-state index in [1.807, 2.05) is 6.92 Å². The molecule has 0 aliphatic heterocycles. The molecule has 0 bridgehead atoms. The SMILES string of the molecule is CCCCC(=O)Nc1ccc(Nc2ccc(F)c(F)c2)cc1. The third-order valence-corrected chi connectivity index (χ3v) is 3.13. The second-order valence-corrected chi connectivity index (χ2v) is 4.98. The van der Waals surface area contributed by atoms with Crippen molar-refractivity contribution in [3.8, 4) is 0 Å². The Kier molecular flexibility index (Phi) is 5.47. The molecule has 22 heavy (non-hydrogen) atoms. The van der Waals surface area contributed by atoms with Gasteiger partial charge in [-0.15, -0.1) is 0 Å². The van der Waals surface area contributed by atoms with Crippen LogP contribution in [0.4, 0.5) is 25.8 Å². The van der Waals surface area contributed by atoms with Crippen molar-refractivity contribution in [3.05, 3.63) is 54.1 Å². The van der Waals surface area contributed by atoms with Crippen LogP contribution in [-0.4, -0.2) is 5.91 Å². The van der Waals surface area contributed by atoms with Gasteiger partial charge in [0.15, 0.2) is 11.6 Å². The molecule has 0 aliphatic rings. The molecule has 0 heterocycles. The number of halogens is 2. The van der Waals surface area contributed by atoms with Crippen LogP contribution in [0.3, 0.4) is 0 Å². The summed E-state index contributed by atoms with van der Waals surface area (Å²) < 4.78 is 26.0. The van der Waals surface area contributed by atoms with E-state index in [0.29, 0.717) is 17.8 Å². The molecule has 0 saturated heterocycles. The summed E-state index contributed by atoms with van der Waals surface area (Å²) in [6.45, 7) is 2.03. The van der Waals surface area contributed by atoms with Crippen LogP contribution in [0.1, 0.15) is 26.2 Å². The monoisotopic (exact) mass is 304 g/mol. The Hall–Kier alpha value is -2.43. The van der Waals surface area contributed by atoms with Crippen molar-refractivity contribution in [2.75, 3.05) is 10.6 Å². The molecule has 0 radical (unpaired) electrons.